The Morgan fingerprint density at radius 3 is 2.17 bits per heavy atom. The second-order valence-electron chi connectivity index (χ2n) is 2.89. The van der Waals surface area contributed by atoms with Crippen molar-refractivity contribution in [3.05, 3.63) is 0 Å². The summed E-state index contributed by atoms with van der Waals surface area (Å²) >= 11 is 0. The van der Waals surface area contributed by atoms with Crippen LogP contribution in [-0.4, -0.2) is 37.6 Å². The van der Waals surface area contributed by atoms with E-state index in [2.05, 4.69) is 0 Å². The van der Waals surface area contributed by atoms with Crippen LogP contribution in [0.5, 0.6) is 0 Å². The molecule has 12 heavy (non-hydrogen) atoms. The molecule has 0 aromatic rings. The summed E-state index contributed by atoms with van der Waals surface area (Å²) in [4.78, 5) is 0. The number of hydrogen-bond donors (Lipinski definition) is 1. The number of nitrogens with two attached hydrogens (primary N) is 1. The Balaban J connectivity index is 4.51. The monoisotopic (exact) mass is 194 g/mol. The molecule has 0 rings (SSSR count). The van der Waals surface area contributed by atoms with Gasteiger partial charge in [0, 0.05) is 19.1 Å². The lowest BCUT2D eigenvalue weighted by molar-refractivity contribution is 0.362. The van der Waals surface area contributed by atoms with E-state index in [1.54, 1.807) is 6.92 Å². The SMILES string of the molecule is CCS(=O)(=O)N(CCN)C(C)C. The fourth-order valence-corrected chi connectivity index (χ4v) is 2.37. The molecule has 0 fully saturated rings. The van der Waals surface area contributed by atoms with Crippen LogP contribution in [0.4, 0.5) is 0 Å². The average Bonchev–Trinajstić information content (AvgIpc) is 1.99. The lowest BCUT2D eigenvalue weighted by Gasteiger charge is -2.24. The molecule has 0 radical (unpaired) electrons. The first-order valence-corrected chi connectivity index (χ1v) is 5.76. The molecule has 0 aromatic carbocycles. The standard InChI is InChI=1S/C7H18N2O2S/c1-4-12(10,11)9(6-5-8)7(2)3/h7H,4-6,8H2,1-3H3. The number of rotatable bonds is 5. The molecule has 4 nitrogen and oxygen atoms in total. The third-order valence-electron chi connectivity index (χ3n) is 1.65. The molecular weight excluding hydrogens is 176 g/mol. The summed E-state index contributed by atoms with van der Waals surface area (Å²) in [6, 6.07) is -0.00139. The Hall–Kier alpha value is -0.130. The molecule has 2 N–H and O–H groups in total. The Labute approximate surface area is 74.8 Å². The van der Waals surface area contributed by atoms with Gasteiger partial charge >= 0.3 is 0 Å². The van der Waals surface area contributed by atoms with E-state index in [9.17, 15) is 8.42 Å². The van der Waals surface area contributed by atoms with Crippen molar-refractivity contribution in [3.8, 4) is 0 Å². The highest BCUT2D eigenvalue weighted by atomic mass is 32.2. The molecule has 0 bridgehead atoms. The minimum atomic E-state index is -3.07. The van der Waals surface area contributed by atoms with Gasteiger partial charge in [0.15, 0.2) is 0 Å². The lowest BCUT2D eigenvalue weighted by atomic mass is 10.4. The van der Waals surface area contributed by atoms with E-state index in [0.717, 1.165) is 0 Å². The van der Waals surface area contributed by atoms with Gasteiger partial charge in [-0.15, -0.1) is 0 Å². The van der Waals surface area contributed by atoms with Crippen molar-refractivity contribution in [1.82, 2.24) is 4.31 Å². The zero-order chi connectivity index (χ0) is 9.78. The molecule has 74 valence electrons. The summed E-state index contributed by atoms with van der Waals surface area (Å²) < 4.78 is 24.2. The highest BCUT2D eigenvalue weighted by Gasteiger charge is 2.21. The van der Waals surface area contributed by atoms with Crippen molar-refractivity contribution in [2.24, 2.45) is 5.73 Å². The third-order valence-corrected chi connectivity index (χ3v) is 3.70. The molecule has 0 saturated heterocycles. The van der Waals surface area contributed by atoms with Crippen LogP contribution in [0.3, 0.4) is 0 Å². The quantitative estimate of drug-likeness (QED) is 0.670. The van der Waals surface area contributed by atoms with E-state index in [0.29, 0.717) is 13.1 Å². The smallest absolute Gasteiger partial charge is 0.214 e. The van der Waals surface area contributed by atoms with Gasteiger partial charge in [-0.3, -0.25) is 0 Å². The predicted molar refractivity (Wildman–Crippen MR) is 50.4 cm³/mol. The summed E-state index contributed by atoms with van der Waals surface area (Å²) in [5.74, 6) is 0.144. The normalized spacial score (nSPS) is 12.8. The molecule has 0 spiro atoms. The van der Waals surface area contributed by atoms with Crippen LogP contribution < -0.4 is 5.73 Å². The van der Waals surface area contributed by atoms with E-state index in [1.807, 2.05) is 13.8 Å². The summed E-state index contributed by atoms with van der Waals surface area (Å²) in [7, 11) is -3.07. The highest BCUT2D eigenvalue weighted by molar-refractivity contribution is 7.89. The van der Waals surface area contributed by atoms with E-state index in [-0.39, 0.29) is 11.8 Å². The summed E-state index contributed by atoms with van der Waals surface area (Å²) in [6.45, 7) is 6.12. The van der Waals surface area contributed by atoms with Crippen LogP contribution in [-0.2, 0) is 10.0 Å². The first-order chi connectivity index (χ1) is 5.45. The van der Waals surface area contributed by atoms with Crippen LogP contribution in [0.2, 0.25) is 0 Å². The van der Waals surface area contributed by atoms with Gasteiger partial charge in [-0.2, -0.15) is 4.31 Å². The molecule has 0 heterocycles. The topological polar surface area (TPSA) is 63.4 Å². The average molecular weight is 194 g/mol. The van der Waals surface area contributed by atoms with Crippen molar-refractivity contribution >= 4 is 10.0 Å². The maximum absolute atomic E-state index is 11.4. The zero-order valence-electron chi connectivity index (χ0n) is 7.95. The number of nitrogens with zero attached hydrogens (tertiary/aromatic N) is 1. The molecule has 0 aliphatic carbocycles. The molecule has 5 heteroatoms. The van der Waals surface area contributed by atoms with Crippen LogP contribution >= 0.6 is 0 Å². The van der Waals surface area contributed by atoms with Gasteiger partial charge in [0.05, 0.1) is 5.75 Å². The maximum atomic E-state index is 11.4. The van der Waals surface area contributed by atoms with Gasteiger partial charge in [-0.1, -0.05) is 0 Å². The van der Waals surface area contributed by atoms with Gasteiger partial charge in [-0.05, 0) is 20.8 Å². The predicted octanol–water partition coefficient (Wildman–Crippen LogP) is 0.00520. The first kappa shape index (κ1) is 11.9. The molecule has 0 amide bonds. The number of sulfonamides is 1. The molecule has 0 unspecified atom stereocenters. The van der Waals surface area contributed by atoms with Crippen LogP contribution in [0.25, 0.3) is 0 Å². The minimum Gasteiger partial charge on any atom is -0.329 e. The molecule has 0 saturated carbocycles. The first-order valence-electron chi connectivity index (χ1n) is 4.15. The van der Waals surface area contributed by atoms with Crippen LogP contribution in [0, 0.1) is 0 Å². The van der Waals surface area contributed by atoms with E-state index < -0.39 is 10.0 Å². The lowest BCUT2D eigenvalue weighted by Crippen LogP contribution is -2.41. The van der Waals surface area contributed by atoms with Crippen molar-refractivity contribution in [1.29, 1.82) is 0 Å². The van der Waals surface area contributed by atoms with Crippen molar-refractivity contribution in [2.45, 2.75) is 26.8 Å². The third kappa shape index (κ3) is 3.08. The van der Waals surface area contributed by atoms with E-state index in [1.165, 1.54) is 4.31 Å². The van der Waals surface area contributed by atoms with E-state index >= 15 is 0 Å². The molecule has 0 aliphatic rings. The van der Waals surface area contributed by atoms with Gasteiger partial charge in [0.2, 0.25) is 10.0 Å². The Kier molecular flexibility index (Phi) is 4.74. The second-order valence-corrected chi connectivity index (χ2v) is 5.10. The van der Waals surface area contributed by atoms with Crippen molar-refractivity contribution in [3.63, 3.8) is 0 Å². The van der Waals surface area contributed by atoms with Crippen LogP contribution in [0.15, 0.2) is 0 Å². The van der Waals surface area contributed by atoms with Gasteiger partial charge in [0.25, 0.3) is 0 Å². The molecule has 0 aromatic heterocycles. The molecule has 0 aliphatic heterocycles. The van der Waals surface area contributed by atoms with Gasteiger partial charge in [-0.25, -0.2) is 8.42 Å². The molecular formula is C7H18N2O2S. The Bertz CT molecular complexity index is 211. The Morgan fingerprint density at radius 2 is 1.92 bits per heavy atom. The van der Waals surface area contributed by atoms with Gasteiger partial charge < -0.3 is 5.73 Å². The number of hydrogen-bond acceptors (Lipinski definition) is 3. The van der Waals surface area contributed by atoms with Gasteiger partial charge in [0.1, 0.15) is 0 Å². The summed E-state index contributed by atoms with van der Waals surface area (Å²) in [5, 5.41) is 0. The summed E-state index contributed by atoms with van der Waals surface area (Å²) in [5.41, 5.74) is 5.31. The van der Waals surface area contributed by atoms with E-state index in [4.69, 9.17) is 5.73 Å². The minimum absolute atomic E-state index is 0.00139. The highest BCUT2D eigenvalue weighted by Crippen LogP contribution is 2.05. The fourth-order valence-electron chi connectivity index (χ4n) is 1.01. The maximum Gasteiger partial charge on any atom is 0.214 e. The largest absolute Gasteiger partial charge is 0.329 e. The van der Waals surface area contributed by atoms with Crippen molar-refractivity contribution in [2.75, 3.05) is 18.8 Å². The Morgan fingerprint density at radius 1 is 1.42 bits per heavy atom. The zero-order valence-corrected chi connectivity index (χ0v) is 8.76. The summed E-state index contributed by atoms with van der Waals surface area (Å²) in [6.07, 6.45) is 0. The molecule has 0 atom stereocenters. The van der Waals surface area contributed by atoms with Crippen molar-refractivity contribution < 1.29 is 8.42 Å². The van der Waals surface area contributed by atoms with Crippen LogP contribution in [0.1, 0.15) is 20.8 Å². The fraction of sp³-hybridized carbons (Fsp3) is 1.00. The second kappa shape index (κ2) is 4.79.